The number of nitrogens with zero attached hydrogens (tertiary/aromatic N) is 2. The van der Waals surface area contributed by atoms with E-state index in [0.717, 1.165) is 45.6 Å². The predicted molar refractivity (Wildman–Crippen MR) is 168 cm³/mol. The summed E-state index contributed by atoms with van der Waals surface area (Å²) in [4.78, 5) is 29.0. The van der Waals surface area contributed by atoms with E-state index in [1.165, 1.54) is 23.3 Å². The number of benzene rings is 2. The molecular weight excluding hydrogens is 803 g/mol. The maximum atomic E-state index is 13.6. The first kappa shape index (κ1) is 35.6. The number of likely N-dealkylation sites (tertiary alicyclic amines) is 1. The molecule has 0 radical (unpaired) electrons. The van der Waals surface area contributed by atoms with Crippen LogP contribution >= 0.6 is 11.3 Å². The Balaban J connectivity index is 1.30. The number of carbonyl (C=O) groups excluding carboxylic acids is 2. The topological polar surface area (TPSA) is 80.3 Å². The van der Waals surface area contributed by atoms with E-state index in [0.29, 0.717) is 22.8 Å². The molecule has 0 saturated carbocycles. The monoisotopic (exact) mass is 832 g/mol. The van der Waals surface area contributed by atoms with Crippen LogP contribution in [0.25, 0.3) is 14.7 Å². The Morgan fingerprint density at radius 3 is 2.32 bits per heavy atom. The molecule has 3 aliphatic rings. The molecule has 2 aromatic carbocycles. The fraction of sp³-hybridized carbons (Fsp3) is 0.294. The van der Waals surface area contributed by atoms with Crippen LogP contribution in [0.2, 0.25) is 0 Å². The van der Waals surface area contributed by atoms with E-state index in [1.807, 2.05) is 35.7 Å². The van der Waals surface area contributed by atoms with E-state index in [-0.39, 0.29) is 22.4 Å². The summed E-state index contributed by atoms with van der Waals surface area (Å²) in [5.41, 5.74) is -1.15. The van der Waals surface area contributed by atoms with Crippen molar-refractivity contribution in [2.75, 3.05) is 33.9 Å². The second-order valence-electron chi connectivity index (χ2n) is 11.4. The first-order valence-electron chi connectivity index (χ1n) is 15.0. The molecule has 1 N–H and O–H groups in total. The third-order valence-electron chi connectivity index (χ3n) is 8.26. The normalized spacial score (nSPS) is 19.8. The van der Waals surface area contributed by atoms with Gasteiger partial charge >= 0.3 is 298 Å². The number of ether oxygens (including phenoxy) is 3. The second-order valence-corrected chi connectivity index (χ2v) is 15.6. The number of methoxy groups -OCH3 is 2. The molecule has 0 bridgehead atoms. The molecule has 2 saturated heterocycles. The summed E-state index contributed by atoms with van der Waals surface area (Å²) in [6.07, 6.45) is -7.68. The van der Waals surface area contributed by atoms with Crippen molar-refractivity contribution in [3.8, 4) is 16.9 Å². The first-order chi connectivity index (χ1) is 23.7. The molecule has 4 heterocycles. The number of nitrogens with one attached hydrogen (secondary N) is 1. The van der Waals surface area contributed by atoms with Crippen LogP contribution in [0.5, 0.6) is 5.75 Å². The summed E-state index contributed by atoms with van der Waals surface area (Å²) in [5, 5.41) is 5.36. The van der Waals surface area contributed by atoms with Crippen molar-refractivity contribution in [2.45, 2.75) is 28.9 Å². The standard InChI is InChI=1S/C34H29F6IN3O5S/c1-18-30(20-11-22(33(35,36)37)15-23(12-20)34(38,39)40)49-32(46)44(18)16-28-41-25(6-8-29(42-28)43-9-4-10-43)24-13-19(5-7-26(24)47-2)21-14-27(50-17-21)31(45)48-3/h5-8,11-15,17,28,30,42H,1,4,9-10,16H2,2-3H3/q-1/t28?,30-/m0/s1. The van der Waals surface area contributed by atoms with Crippen molar-refractivity contribution < 1.29 is 71.3 Å². The van der Waals surface area contributed by atoms with Gasteiger partial charge < -0.3 is 0 Å². The quantitative estimate of drug-likeness (QED) is 0.114. The molecule has 1 aromatic heterocycles. The van der Waals surface area contributed by atoms with E-state index in [1.54, 1.807) is 13.2 Å². The number of esters is 1. The summed E-state index contributed by atoms with van der Waals surface area (Å²) in [7, 11) is 2.86. The second kappa shape index (κ2) is 13.8. The van der Waals surface area contributed by atoms with Crippen molar-refractivity contribution in [1.82, 2.24) is 15.1 Å². The fourth-order valence-corrected chi connectivity index (χ4v) is 9.40. The van der Waals surface area contributed by atoms with Crippen molar-refractivity contribution in [2.24, 2.45) is 0 Å². The molecule has 3 aromatic rings. The predicted octanol–water partition coefficient (Wildman–Crippen LogP) is 4.86. The SMILES string of the molecule is C=C1[C@@H](c2cc(C(F)(F)F)cc(C(F)(F)F)c2)OC(=O)N1CC1NC(N2CCC2)=CC=C(c2cc(-c3csc(C(=O)OC)c3)ccc2OC)[I-]1. The fourth-order valence-electron chi connectivity index (χ4n) is 5.55. The molecule has 3 aliphatic heterocycles. The van der Waals surface area contributed by atoms with Gasteiger partial charge in [0.1, 0.15) is 0 Å². The molecule has 2 fully saturated rings. The summed E-state index contributed by atoms with van der Waals surface area (Å²) in [6.45, 7) is 5.49. The number of hydrogen-bond donors (Lipinski definition) is 1. The van der Waals surface area contributed by atoms with Crippen LogP contribution in [0.4, 0.5) is 31.1 Å². The van der Waals surface area contributed by atoms with Gasteiger partial charge in [0.05, 0.1) is 0 Å². The zero-order valence-corrected chi connectivity index (χ0v) is 29.4. The van der Waals surface area contributed by atoms with E-state index in [2.05, 4.69) is 16.8 Å². The average Bonchev–Trinajstić information content (AvgIpc) is 3.58. The van der Waals surface area contributed by atoms with Crippen molar-refractivity contribution >= 4 is 27.0 Å². The van der Waals surface area contributed by atoms with Gasteiger partial charge in [-0.3, -0.25) is 0 Å². The summed E-state index contributed by atoms with van der Waals surface area (Å²) in [6, 6.07) is 8.52. The number of cyclic esters (lactones) is 1. The minimum absolute atomic E-state index is 0.00984. The average molecular weight is 833 g/mol. The van der Waals surface area contributed by atoms with Gasteiger partial charge in [0.25, 0.3) is 0 Å². The van der Waals surface area contributed by atoms with Crippen LogP contribution in [-0.2, 0) is 21.8 Å². The van der Waals surface area contributed by atoms with Crippen molar-refractivity contribution in [3.63, 3.8) is 0 Å². The van der Waals surface area contributed by atoms with Crippen molar-refractivity contribution in [3.05, 3.63) is 105 Å². The van der Waals surface area contributed by atoms with Gasteiger partial charge in [-0.15, -0.1) is 0 Å². The van der Waals surface area contributed by atoms with Gasteiger partial charge in [-0.25, -0.2) is 0 Å². The molecule has 2 atom stereocenters. The Kier molecular flexibility index (Phi) is 9.87. The molecule has 6 rings (SSSR count). The number of alkyl halides is 7. The number of carbonyl (C=O) groups is 2. The Morgan fingerprint density at radius 1 is 1.02 bits per heavy atom. The van der Waals surface area contributed by atoms with Crippen LogP contribution in [-0.4, -0.2) is 59.8 Å². The van der Waals surface area contributed by atoms with Gasteiger partial charge in [-0.05, 0) is 0 Å². The van der Waals surface area contributed by atoms with E-state index >= 15 is 0 Å². The van der Waals surface area contributed by atoms with E-state index in [4.69, 9.17) is 14.2 Å². The van der Waals surface area contributed by atoms with Crippen LogP contribution in [0, 0.1) is 0 Å². The molecule has 0 aliphatic carbocycles. The third-order valence-corrected chi connectivity index (χ3v) is 12.2. The molecule has 16 heteroatoms. The number of amides is 1. The zero-order chi connectivity index (χ0) is 36.0. The van der Waals surface area contributed by atoms with Crippen LogP contribution in [0.1, 0.15) is 44.5 Å². The minimum atomic E-state index is -5.07. The molecule has 50 heavy (non-hydrogen) atoms. The molecule has 8 nitrogen and oxygen atoms in total. The number of allylic oxidation sites excluding steroid dienone is 2. The van der Waals surface area contributed by atoms with Gasteiger partial charge in [0, 0.05) is 0 Å². The summed E-state index contributed by atoms with van der Waals surface area (Å²) < 4.78 is 98.1. The number of hydrogen-bond acceptors (Lipinski definition) is 8. The molecule has 266 valence electrons. The van der Waals surface area contributed by atoms with Gasteiger partial charge in [-0.2, -0.15) is 0 Å². The zero-order valence-electron chi connectivity index (χ0n) is 26.5. The molecule has 0 spiro atoms. The Labute approximate surface area is 297 Å². The van der Waals surface area contributed by atoms with Gasteiger partial charge in [0.15, 0.2) is 0 Å². The number of thiophene rings is 1. The van der Waals surface area contributed by atoms with Crippen LogP contribution in [0.15, 0.2) is 78.1 Å². The number of rotatable bonds is 8. The van der Waals surface area contributed by atoms with E-state index < -0.39 is 68.4 Å². The van der Waals surface area contributed by atoms with E-state index in [9.17, 15) is 35.9 Å². The molecule has 1 unspecified atom stereocenters. The summed E-state index contributed by atoms with van der Waals surface area (Å²) in [5.74, 6) is 0.967. The molecule has 1 amide bonds. The summed E-state index contributed by atoms with van der Waals surface area (Å²) >= 11 is 0.249. The van der Waals surface area contributed by atoms with Gasteiger partial charge in [-0.1, -0.05) is 0 Å². The molecular formula is C34H29F6IN3O5S-. The van der Waals surface area contributed by atoms with Crippen LogP contribution in [0.3, 0.4) is 0 Å². The van der Waals surface area contributed by atoms with Crippen LogP contribution < -0.4 is 31.3 Å². The Morgan fingerprint density at radius 2 is 1.72 bits per heavy atom. The third kappa shape index (κ3) is 7.31. The van der Waals surface area contributed by atoms with Crippen molar-refractivity contribution in [1.29, 1.82) is 0 Å². The first-order valence-corrected chi connectivity index (χ1v) is 18.3. The maximum absolute atomic E-state index is 13.6. The Bertz CT molecular complexity index is 1870. The Hall–Kier alpha value is -4.19. The number of halogens is 7. The van der Waals surface area contributed by atoms with Gasteiger partial charge in [0.2, 0.25) is 0 Å².